The number of aliphatic carboxylic acids is 1. The molecule has 0 bridgehead atoms. The standard InChI is InChI=1S/C15H13NO4S/c17-13(18)9-10-16-14(19)12(21-15(16)20)8-4-7-11-5-2-1-3-6-11/h1-8H,9-10H2,(H,17,18). The number of imide groups is 1. The minimum absolute atomic E-state index is 0.0975. The van der Waals surface area contributed by atoms with Gasteiger partial charge in [-0.1, -0.05) is 42.5 Å². The van der Waals surface area contributed by atoms with E-state index in [0.29, 0.717) is 4.91 Å². The predicted octanol–water partition coefficient (Wildman–Crippen LogP) is 2.75. The van der Waals surface area contributed by atoms with Gasteiger partial charge in [-0.2, -0.15) is 0 Å². The van der Waals surface area contributed by atoms with Crippen molar-refractivity contribution >= 4 is 35.0 Å². The van der Waals surface area contributed by atoms with Crippen LogP contribution in [0.4, 0.5) is 4.79 Å². The molecule has 1 saturated heterocycles. The van der Waals surface area contributed by atoms with E-state index in [2.05, 4.69) is 0 Å². The summed E-state index contributed by atoms with van der Waals surface area (Å²) in [5.41, 5.74) is 0.985. The molecule has 0 aromatic heterocycles. The number of carboxylic acid groups (broad SMARTS) is 1. The Balaban J connectivity index is 2.03. The van der Waals surface area contributed by atoms with E-state index in [4.69, 9.17) is 5.11 Å². The van der Waals surface area contributed by atoms with Crippen LogP contribution in [0.2, 0.25) is 0 Å². The molecule has 1 aliphatic heterocycles. The SMILES string of the molecule is O=C(O)CCN1C(=O)SC(=CC=Cc2ccccc2)C1=O. The lowest BCUT2D eigenvalue weighted by molar-refractivity contribution is -0.137. The van der Waals surface area contributed by atoms with Gasteiger partial charge in [0, 0.05) is 6.54 Å². The molecule has 1 aromatic carbocycles. The molecule has 0 unspecified atom stereocenters. The summed E-state index contributed by atoms with van der Waals surface area (Å²) < 4.78 is 0. The monoisotopic (exact) mass is 303 g/mol. The molecule has 0 saturated carbocycles. The quantitative estimate of drug-likeness (QED) is 0.847. The molecule has 1 aromatic rings. The van der Waals surface area contributed by atoms with Crippen molar-refractivity contribution in [1.29, 1.82) is 0 Å². The van der Waals surface area contributed by atoms with E-state index < -0.39 is 17.1 Å². The van der Waals surface area contributed by atoms with Crippen LogP contribution >= 0.6 is 11.8 Å². The number of amides is 2. The Morgan fingerprint density at radius 2 is 1.95 bits per heavy atom. The Kier molecular flexibility index (Phi) is 4.94. The van der Waals surface area contributed by atoms with Crippen molar-refractivity contribution in [2.24, 2.45) is 0 Å². The van der Waals surface area contributed by atoms with E-state index >= 15 is 0 Å². The first-order chi connectivity index (χ1) is 10.1. The summed E-state index contributed by atoms with van der Waals surface area (Å²) in [5, 5.41) is 8.17. The summed E-state index contributed by atoms with van der Waals surface area (Å²) in [5.74, 6) is -1.48. The lowest BCUT2D eigenvalue weighted by Gasteiger charge is -2.09. The molecule has 1 aliphatic rings. The first kappa shape index (κ1) is 15.1. The topological polar surface area (TPSA) is 74.7 Å². The summed E-state index contributed by atoms with van der Waals surface area (Å²) >= 11 is 0.823. The van der Waals surface area contributed by atoms with Crippen LogP contribution in [0.25, 0.3) is 6.08 Å². The number of nitrogens with zero attached hydrogens (tertiary/aromatic N) is 1. The first-order valence-corrected chi connectivity index (χ1v) is 7.08. The van der Waals surface area contributed by atoms with Gasteiger partial charge in [-0.25, -0.2) is 0 Å². The zero-order valence-electron chi connectivity index (χ0n) is 11.1. The van der Waals surface area contributed by atoms with Gasteiger partial charge >= 0.3 is 5.97 Å². The lowest BCUT2D eigenvalue weighted by Crippen LogP contribution is -2.30. The molecule has 0 atom stereocenters. The van der Waals surface area contributed by atoms with Crippen molar-refractivity contribution < 1.29 is 19.5 Å². The summed E-state index contributed by atoms with van der Waals surface area (Å²) in [4.78, 5) is 35.4. The van der Waals surface area contributed by atoms with Crippen molar-refractivity contribution in [3.63, 3.8) is 0 Å². The third-order valence-corrected chi connectivity index (χ3v) is 3.68. The van der Waals surface area contributed by atoms with Crippen LogP contribution in [0.15, 0.2) is 47.4 Å². The average Bonchev–Trinajstić information content (AvgIpc) is 2.72. The Labute approximate surface area is 125 Å². The highest BCUT2D eigenvalue weighted by Crippen LogP contribution is 2.30. The number of benzene rings is 1. The van der Waals surface area contributed by atoms with Crippen LogP contribution in [0.1, 0.15) is 12.0 Å². The number of carboxylic acids is 1. The summed E-state index contributed by atoms with van der Waals surface area (Å²) in [6.07, 6.45) is 4.85. The van der Waals surface area contributed by atoms with Gasteiger partial charge in [0.05, 0.1) is 11.3 Å². The lowest BCUT2D eigenvalue weighted by atomic mass is 10.2. The minimum atomic E-state index is -1.04. The van der Waals surface area contributed by atoms with Gasteiger partial charge in [0.1, 0.15) is 0 Å². The second-order valence-electron chi connectivity index (χ2n) is 4.27. The molecule has 21 heavy (non-hydrogen) atoms. The number of rotatable bonds is 5. The van der Waals surface area contributed by atoms with E-state index in [1.807, 2.05) is 36.4 Å². The van der Waals surface area contributed by atoms with Gasteiger partial charge < -0.3 is 5.11 Å². The summed E-state index contributed by atoms with van der Waals surface area (Å²) in [7, 11) is 0. The molecular weight excluding hydrogens is 290 g/mol. The first-order valence-electron chi connectivity index (χ1n) is 6.27. The van der Waals surface area contributed by atoms with Gasteiger partial charge in [-0.15, -0.1) is 0 Å². The van der Waals surface area contributed by atoms with Crippen molar-refractivity contribution in [2.45, 2.75) is 6.42 Å². The minimum Gasteiger partial charge on any atom is -0.481 e. The fourth-order valence-electron chi connectivity index (χ4n) is 1.73. The van der Waals surface area contributed by atoms with E-state index in [0.717, 1.165) is 22.2 Å². The van der Waals surface area contributed by atoms with Crippen LogP contribution in [-0.2, 0) is 9.59 Å². The van der Waals surface area contributed by atoms with Crippen LogP contribution in [0.5, 0.6) is 0 Å². The largest absolute Gasteiger partial charge is 0.481 e. The maximum absolute atomic E-state index is 12.0. The predicted molar refractivity (Wildman–Crippen MR) is 80.5 cm³/mol. The van der Waals surface area contributed by atoms with Crippen LogP contribution < -0.4 is 0 Å². The Morgan fingerprint density at radius 3 is 2.62 bits per heavy atom. The molecule has 2 rings (SSSR count). The van der Waals surface area contributed by atoms with Crippen molar-refractivity contribution in [1.82, 2.24) is 4.90 Å². The number of carbonyl (C=O) groups excluding carboxylic acids is 2. The molecule has 1 fully saturated rings. The zero-order chi connectivity index (χ0) is 15.2. The molecule has 1 N–H and O–H groups in total. The number of hydrogen-bond donors (Lipinski definition) is 1. The molecule has 0 radical (unpaired) electrons. The molecule has 0 aliphatic carbocycles. The van der Waals surface area contributed by atoms with Crippen LogP contribution in [-0.4, -0.2) is 33.7 Å². The molecule has 1 heterocycles. The smallest absolute Gasteiger partial charge is 0.305 e. The zero-order valence-corrected chi connectivity index (χ0v) is 11.9. The van der Waals surface area contributed by atoms with Gasteiger partial charge in [0.2, 0.25) is 0 Å². The molecule has 108 valence electrons. The maximum Gasteiger partial charge on any atom is 0.305 e. The second kappa shape index (κ2) is 6.90. The maximum atomic E-state index is 12.0. The highest BCUT2D eigenvalue weighted by molar-refractivity contribution is 8.18. The summed E-state index contributed by atoms with van der Waals surface area (Å²) in [6, 6.07) is 9.55. The van der Waals surface area contributed by atoms with E-state index in [1.165, 1.54) is 0 Å². The van der Waals surface area contributed by atoms with Crippen molar-refractivity contribution in [3.05, 3.63) is 53.0 Å². The number of thioether (sulfide) groups is 1. The van der Waals surface area contributed by atoms with Gasteiger partial charge in [0.25, 0.3) is 11.1 Å². The summed E-state index contributed by atoms with van der Waals surface area (Å²) in [6.45, 7) is -0.0975. The number of hydrogen-bond acceptors (Lipinski definition) is 4. The van der Waals surface area contributed by atoms with Crippen LogP contribution in [0, 0.1) is 0 Å². The normalized spacial score (nSPS) is 17.1. The molecule has 5 nitrogen and oxygen atoms in total. The van der Waals surface area contributed by atoms with Crippen LogP contribution in [0.3, 0.4) is 0 Å². The number of allylic oxidation sites excluding steroid dienone is 2. The average molecular weight is 303 g/mol. The van der Waals surface area contributed by atoms with Crippen molar-refractivity contribution in [3.8, 4) is 0 Å². The molecule has 2 amide bonds. The van der Waals surface area contributed by atoms with E-state index in [-0.39, 0.29) is 13.0 Å². The van der Waals surface area contributed by atoms with Crippen molar-refractivity contribution in [2.75, 3.05) is 6.54 Å². The van der Waals surface area contributed by atoms with E-state index in [9.17, 15) is 14.4 Å². The van der Waals surface area contributed by atoms with Gasteiger partial charge in [0.15, 0.2) is 0 Å². The fraction of sp³-hybridized carbons (Fsp3) is 0.133. The highest BCUT2D eigenvalue weighted by Gasteiger charge is 2.34. The highest BCUT2D eigenvalue weighted by atomic mass is 32.2. The third kappa shape index (κ3) is 4.06. The molecule has 6 heteroatoms. The Morgan fingerprint density at radius 1 is 1.24 bits per heavy atom. The van der Waals surface area contributed by atoms with Gasteiger partial charge in [-0.3, -0.25) is 19.3 Å². The third-order valence-electron chi connectivity index (χ3n) is 2.76. The fourth-order valence-corrected chi connectivity index (χ4v) is 2.54. The van der Waals surface area contributed by atoms with E-state index in [1.54, 1.807) is 12.2 Å². The Bertz CT molecular complexity index is 622. The Hall–Kier alpha value is -2.34. The van der Waals surface area contributed by atoms with Gasteiger partial charge in [-0.05, 0) is 23.4 Å². The second-order valence-corrected chi connectivity index (χ2v) is 5.26. The molecular formula is C15H13NO4S. The number of carbonyl (C=O) groups is 3. The molecule has 0 spiro atoms.